The molecule has 0 spiro atoms. The summed E-state index contributed by atoms with van der Waals surface area (Å²) in [5.41, 5.74) is 6.79. The van der Waals surface area contributed by atoms with Crippen LogP contribution in [-0.2, 0) is 0 Å². The van der Waals surface area contributed by atoms with Crippen molar-refractivity contribution in [3.05, 3.63) is 22.7 Å². The molecule has 60 valence electrons. The van der Waals surface area contributed by atoms with Crippen molar-refractivity contribution in [2.75, 3.05) is 6.54 Å². The number of rotatable bonds is 3. The fourth-order valence-electron chi connectivity index (χ4n) is 0.807. The topological polar surface area (TPSA) is 38.9 Å². The number of hydrogen-bond acceptors (Lipinski definition) is 3. The lowest BCUT2D eigenvalue weighted by Crippen LogP contribution is -2.01. The van der Waals surface area contributed by atoms with E-state index in [0.29, 0.717) is 6.54 Å². The predicted octanol–water partition coefficient (Wildman–Crippen LogP) is 1.90. The van der Waals surface area contributed by atoms with E-state index in [1.165, 1.54) is 22.0 Å². The van der Waals surface area contributed by atoms with Crippen LogP contribution in [0.3, 0.4) is 0 Å². The second-order valence-corrected chi connectivity index (χ2v) is 3.14. The van der Waals surface area contributed by atoms with Gasteiger partial charge in [-0.05, 0) is 30.1 Å². The predicted molar refractivity (Wildman–Crippen MR) is 49.4 cm³/mol. The van der Waals surface area contributed by atoms with E-state index in [4.69, 9.17) is 5.73 Å². The molecule has 0 radical (unpaired) electrons. The molecule has 0 atom stereocenters. The van der Waals surface area contributed by atoms with Crippen molar-refractivity contribution >= 4 is 17.6 Å². The van der Waals surface area contributed by atoms with Crippen LogP contribution in [-0.4, -0.2) is 10.9 Å². The Kier molecular flexibility index (Phi) is 3.26. The number of nitrogens with zero attached hydrogens (tertiary/aromatic N) is 1. The Bertz CT molecular complexity index is 220. The third-order valence-corrected chi connectivity index (χ3v) is 2.21. The Morgan fingerprint density at radius 2 is 2.64 bits per heavy atom. The molecule has 0 amide bonds. The molecule has 0 saturated heterocycles. The second kappa shape index (κ2) is 4.26. The highest BCUT2D eigenvalue weighted by atomic mass is 32.1. The summed E-state index contributed by atoms with van der Waals surface area (Å²) in [6.07, 6.45) is 4.94. The summed E-state index contributed by atoms with van der Waals surface area (Å²) >= 11 is 1.50. The normalized spacial score (nSPS) is 12.0. The van der Waals surface area contributed by atoms with Gasteiger partial charge in [0.05, 0.1) is 0 Å². The molecule has 0 fully saturated rings. The molecular weight excluding hydrogens is 156 g/mol. The van der Waals surface area contributed by atoms with Gasteiger partial charge in [-0.15, -0.1) is 0 Å². The fraction of sp³-hybridized carbons (Fsp3) is 0.375. The van der Waals surface area contributed by atoms with Crippen LogP contribution < -0.4 is 5.73 Å². The first-order valence-corrected chi connectivity index (χ1v) is 4.44. The largest absolute Gasteiger partial charge is 0.327 e. The first kappa shape index (κ1) is 8.43. The van der Waals surface area contributed by atoms with Crippen LogP contribution in [0.5, 0.6) is 0 Å². The third kappa shape index (κ3) is 2.44. The average Bonchev–Trinajstić information content (AvgIpc) is 2.52. The van der Waals surface area contributed by atoms with Gasteiger partial charge in [-0.1, -0.05) is 12.5 Å². The maximum Gasteiger partial charge on any atom is 0.0477 e. The van der Waals surface area contributed by atoms with Gasteiger partial charge in [0.15, 0.2) is 0 Å². The second-order valence-electron chi connectivity index (χ2n) is 2.28. The molecule has 0 unspecified atom stereocenters. The van der Waals surface area contributed by atoms with Crippen LogP contribution in [0.25, 0.3) is 6.08 Å². The molecule has 1 heterocycles. The van der Waals surface area contributed by atoms with Gasteiger partial charge >= 0.3 is 0 Å². The zero-order valence-electron chi connectivity index (χ0n) is 6.58. The highest BCUT2D eigenvalue weighted by molar-refractivity contribution is 7.06. The van der Waals surface area contributed by atoms with Crippen LogP contribution in [0.4, 0.5) is 0 Å². The van der Waals surface area contributed by atoms with E-state index in [-0.39, 0.29) is 0 Å². The third-order valence-electron chi connectivity index (χ3n) is 1.52. The van der Waals surface area contributed by atoms with Crippen LogP contribution in [0, 0.1) is 0 Å². The van der Waals surface area contributed by atoms with E-state index in [9.17, 15) is 0 Å². The van der Waals surface area contributed by atoms with Gasteiger partial charge in [0.2, 0.25) is 0 Å². The number of nitrogens with two attached hydrogens (primary N) is 1. The Morgan fingerprint density at radius 1 is 1.82 bits per heavy atom. The van der Waals surface area contributed by atoms with Crippen molar-refractivity contribution < 1.29 is 0 Å². The molecule has 0 saturated carbocycles. The van der Waals surface area contributed by atoms with Gasteiger partial charge in [0.1, 0.15) is 0 Å². The summed E-state index contributed by atoms with van der Waals surface area (Å²) in [7, 11) is 0. The zero-order chi connectivity index (χ0) is 8.10. The molecule has 0 aliphatic rings. The SMILES string of the molecule is CC/C(=C\c1ccns1)CN. The Labute approximate surface area is 70.9 Å². The van der Waals surface area contributed by atoms with E-state index >= 15 is 0 Å². The quantitative estimate of drug-likeness (QED) is 0.748. The first-order valence-electron chi connectivity index (χ1n) is 3.67. The molecule has 1 aromatic rings. The summed E-state index contributed by atoms with van der Waals surface area (Å²) in [6, 6.07) is 2.00. The van der Waals surface area contributed by atoms with E-state index in [2.05, 4.69) is 17.4 Å². The average molecular weight is 168 g/mol. The zero-order valence-corrected chi connectivity index (χ0v) is 7.40. The summed E-state index contributed by atoms with van der Waals surface area (Å²) in [4.78, 5) is 1.19. The molecular formula is C8H12N2S. The molecule has 2 nitrogen and oxygen atoms in total. The molecule has 0 aromatic carbocycles. The number of hydrogen-bond donors (Lipinski definition) is 1. The van der Waals surface area contributed by atoms with Gasteiger partial charge in [-0.25, -0.2) is 4.37 Å². The van der Waals surface area contributed by atoms with Crippen molar-refractivity contribution in [3.8, 4) is 0 Å². The Morgan fingerprint density at radius 3 is 3.09 bits per heavy atom. The van der Waals surface area contributed by atoms with Gasteiger partial charge in [0, 0.05) is 17.6 Å². The molecule has 0 aliphatic heterocycles. The minimum Gasteiger partial charge on any atom is -0.327 e. The molecule has 11 heavy (non-hydrogen) atoms. The van der Waals surface area contributed by atoms with Gasteiger partial charge in [-0.3, -0.25) is 0 Å². The van der Waals surface area contributed by atoms with Crippen LogP contribution in [0.1, 0.15) is 18.2 Å². The van der Waals surface area contributed by atoms with Gasteiger partial charge < -0.3 is 5.73 Å². The Balaban J connectivity index is 2.71. The lowest BCUT2D eigenvalue weighted by molar-refractivity contribution is 1.02. The van der Waals surface area contributed by atoms with Crippen molar-refractivity contribution in [3.63, 3.8) is 0 Å². The summed E-state index contributed by atoms with van der Waals surface area (Å²) in [6.45, 7) is 2.76. The summed E-state index contributed by atoms with van der Waals surface area (Å²) in [5.74, 6) is 0. The number of aromatic nitrogens is 1. The highest BCUT2D eigenvalue weighted by Crippen LogP contribution is 2.11. The van der Waals surface area contributed by atoms with Crippen LogP contribution in [0.2, 0.25) is 0 Å². The minimum absolute atomic E-state index is 0.647. The first-order chi connectivity index (χ1) is 5.36. The van der Waals surface area contributed by atoms with E-state index in [1.54, 1.807) is 6.20 Å². The van der Waals surface area contributed by atoms with Crippen molar-refractivity contribution in [1.82, 2.24) is 4.37 Å². The molecule has 2 N–H and O–H groups in total. The maximum absolute atomic E-state index is 5.52. The lowest BCUT2D eigenvalue weighted by atomic mass is 10.2. The van der Waals surface area contributed by atoms with Crippen molar-refractivity contribution in [2.24, 2.45) is 5.73 Å². The summed E-state index contributed by atoms with van der Waals surface area (Å²) < 4.78 is 4.00. The molecule has 0 aliphatic carbocycles. The van der Waals surface area contributed by atoms with Gasteiger partial charge in [0.25, 0.3) is 0 Å². The smallest absolute Gasteiger partial charge is 0.0477 e. The van der Waals surface area contributed by atoms with E-state index < -0.39 is 0 Å². The van der Waals surface area contributed by atoms with E-state index in [0.717, 1.165) is 6.42 Å². The fourth-order valence-corrected chi connectivity index (χ4v) is 1.39. The highest BCUT2D eigenvalue weighted by Gasteiger charge is 1.92. The minimum atomic E-state index is 0.647. The van der Waals surface area contributed by atoms with Crippen LogP contribution >= 0.6 is 11.5 Å². The summed E-state index contributed by atoms with van der Waals surface area (Å²) in [5, 5.41) is 0. The monoisotopic (exact) mass is 168 g/mol. The maximum atomic E-state index is 5.52. The van der Waals surface area contributed by atoms with E-state index in [1.807, 2.05) is 6.07 Å². The van der Waals surface area contributed by atoms with Crippen molar-refractivity contribution in [1.29, 1.82) is 0 Å². The van der Waals surface area contributed by atoms with Crippen LogP contribution in [0.15, 0.2) is 17.8 Å². The molecule has 1 aromatic heterocycles. The molecule has 0 bridgehead atoms. The van der Waals surface area contributed by atoms with Crippen molar-refractivity contribution in [2.45, 2.75) is 13.3 Å². The van der Waals surface area contributed by atoms with Gasteiger partial charge in [-0.2, -0.15) is 0 Å². The standard InChI is InChI=1S/C8H12N2S/c1-2-7(6-9)5-8-3-4-10-11-8/h3-5H,2,6,9H2,1H3/b7-5+. The molecule has 1 rings (SSSR count). The lowest BCUT2D eigenvalue weighted by Gasteiger charge is -1.96. The Hall–Kier alpha value is -0.670. The molecule has 3 heteroatoms.